The lowest BCUT2D eigenvalue weighted by Gasteiger charge is -2.06. The molecule has 0 saturated carbocycles. The monoisotopic (exact) mass is 411 g/mol. The van der Waals surface area contributed by atoms with Gasteiger partial charge in [0.25, 0.3) is 5.91 Å². The van der Waals surface area contributed by atoms with Crippen molar-refractivity contribution in [3.8, 4) is 11.3 Å². The smallest absolute Gasteiger partial charge is 0.267 e. The summed E-state index contributed by atoms with van der Waals surface area (Å²) in [6.07, 6.45) is 1.86. The van der Waals surface area contributed by atoms with Gasteiger partial charge in [-0.15, -0.1) is 22.7 Å². The van der Waals surface area contributed by atoms with Crippen molar-refractivity contribution in [1.29, 1.82) is 0 Å². The number of benzene rings is 1. The Bertz CT molecular complexity index is 1310. The number of aromatic nitrogens is 4. The van der Waals surface area contributed by atoms with Crippen molar-refractivity contribution in [2.24, 2.45) is 7.05 Å². The van der Waals surface area contributed by atoms with Crippen molar-refractivity contribution in [1.82, 2.24) is 19.2 Å². The van der Waals surface area contributed by atoms with Crippen molar-refractivity contribution in [2.75, 3.05) is 5.32 Å². The van der Waals surface area contributed by atoms with E-state index < -0.39 is 0 Å². The van der Waals surface area contributed by atoms with E-state index in [9.17, 15) is 9.18 Å². The van der Waals surface area contributed by atoms with Crippen LogP contribution in [0, 0.1) is 12.7 Å². The number of thiazole rings is 1. The van der Waals surface area contributed by atoms with Crippen molar-refractivity contribution in [3.05, 3.63) is 58.3 Å². The van der Waals surface area contributed by atoms with Gasteiger partial charge in [-0.25, -0.2) is 9.37 Å². The molecule has 0 aliphatic rings. The zero-order valence-corrected chi connectivity index (χ0v) is 16.6. The van der Waals surface area contributed by atoms with Crippen LogP contribution in [0.15, 0.2) is 41.9 Å². The average Bonchev–Trinajstić information content (AvgIpc) is 3.41. The first-order valence-electron chi connectivity index (χ1n) is 8.47. The van der Waals surface area contributed by atoms with Crippen molar-refractivity contribution in [2.45, 2.75) is 6.92 Å². The first kappa shape index (κ1) is 17.1. The second kappa shape index (κ2) is 6.25. The van der Waals surface area contributed by atoms with E-state index in [0.717, 1.165) is 26.4 Å². The number of rotatable bonds is 3. The van der Waals surface area contributed by atoms with E-state index in [4.69, 9.17) is 0 Å². The molecule has 0 unspecified atom stereocenters. The molecule has 0 bridgehead atoms. The molecule has 0 fully saturated rings. The number of carbonyl (C=O) groups excluding carboxylic acids is 1. The van der Waals surface area contributed by atoms with Crippen LogP contribution in [-0.4, -0.2) is 25.1 Å². The van der Waals surface area contributed by atoms with Gasteiger partial charge in [0.2, 0.25) is 0 Å². The van der Waals surface area contributed by atoms with Crippen molar-refractivity contribution in [3.63, 3.8) is 0 Å². The highest BCUT2D eigenvalue weighted by Gasteiger charge is 2.20. The van der Waals surface area contributed by atoms with Gasteiger partial charge in [-0.2, -0.15) is 5.10 Å². The van der Waals surface area contributed by atoms with Gasteiger partial charge in [-0.05, 0) is 37.3 Å². The third-order valence-corrected chi connectivity index (χ3v) is 6.49. The van der Waals surface area contributed by atoms with E-state index in [1.54, 1.807) is 16.8 Å². The summed E-state index contributed by atoms with van der Waals surface area (Å²) in [6, 6.07) is 7.95. The van der Waals surface area contributed by atoms with Gasteiger partial charge in [0.15, 0.2) is 4.96 Å². The molecule has 5 aromatic rings. The fourth-order valence-corrected chi connectivity index (χ4v) is 4.93. The minimum absolute atomic E-state index is 0.211. The molecule has 1 amide bonds. The van der Waals surface area contributed by atoms with Gasteiger partial charge >= 0.3 is 0 Å². The van der Waals surface area contributed by atoms with Gasteiger partial charge < -0.3 is 5.32 Å². The fraction of sp³-hybridized carbons (Fsp3) is 0.105. The SMILES string of the molecule is Cc1nn(C)c2sc(C(=O)Nc3c(-c4ccc(F)cc4)nc4sccn34)cc12. The minimum atomic E-state index is -0.315. The predicted octanol–water partition coefficient (Wildman–Crippen LogP) is 4.71. The number of nitrogens with zero attached hydrogens (tertiary/aromatic N) is 4. The number of halogens is 1. The number of anilines is 1. The first-order valence-corrected chi connectivity index (χ1v) is 10.2. The van der Waals surface area contributed by atoms with Gasteiger partial charge in [-0.1, -0.05) is 0 Å². The normalized spacial score (nSPS) is 11.5. The number of hydrogen-bond donors (Lipinski definition) is 1. The molecular weight excluding hydrogens is 397 g/mol. The van der Waals surface area contributed by atoms with Crippen LogP contribution in [0.5, 0.6) is 0 Å². The number of hydrogen-bond acceptors (Lipinski definition) is 5. The third-order valence-electron chi connectivity index (χ3n) is 4.53. The van der Waals surface area contributed by atoms with Gasteiger partial charge in [-0.3, -0.25) is 13.9 Å². The van der Waals surface area contributed by atoms with Gasteiger partial charge in [0, 0.05) is 29.6 Å². The summed E-state index contributed by atoms with van der Waals surface area (Å²) in [7, 11) is 1.87. The third kappa shape index (κ3) is 2.62. The Morgan fingerprint density at radius 3 is 2.79 bits per heavy atom. The number of aryl methyl sites for hydroxylation is 2. The van der Waals surface area contributed by atoms with Crippen LogP contribution in [0.2, 0.25) is 0 Å². The van der Waals surface area contributed by atoms with E-state index in [1.165, 1.54) is 34.8 Å². The summed E-state index contributed by atoms with van der Waals surface area (Å²) >= 11 is 2.87. The lowest BCUT2D eigenvalue weighted by molar-refractivity contribution is 0.103. The molecule has 0 aliphatic carbocycles. The molecule has 4 heterocycles. The van der Waals surface area contributed by atoms with Crippen LogP contribution in [0.4, 0.5) is 10.2 Å². The standard InChI is InChI=1S/C19H14FN5OS2/c1-10-13-9-14(28-18(13)24(2)23-10)17(26)22-16-15(11-3-5-12(20)6-4-11)21-19-25(16)7-8-27-19/h3-9H,1-2H3,(H,22,26). The van der Waals surface area contributed by atoms with E-state index in [2.05, 4.69) is 15.4 Å². The summed E-state index contributed by atoms with van der Waals surface area (Å²) < 4.78 is 16.9. The molecule has 0 aliphatic heterocycles. The highest BCUT2D eigenvalue weighted by molar-refractivity contribution is 7.20. The fourth-order valence-electron chi connectivity index (χ4n) is 3.20. The maximum Gasteiger partial charge on any atom is 0.267 e. The Balaban J connectivity index is 1.57. The molecule has 0 radical (unpaired) electrons. The molecule has 140 valence electrons. The molecule has 0 spiro atoms. The Morgan fingerprint density at radius 1 is 1.25 bits per heavy atom. The molecule has 1 aromatic carbocycles. The molecule has 9 heteroatoms. The summed E-state index contributed by atoms with van der Waals surface area (Å²) in [5.41, 5.74) is 2.24. The van der Waals surface area contributed by atoms with Crippen molar-refractivity contribution < 1.29 is 9.18 Å². The van der Waals surface area contributed by atoms with Gasteiger partial charge in [0.05, 0.1) is 10.6 Å². The zero-order valence-electron chi connectivity index (χ0n) is 14.9. The summed E-state index contributed by atoms with van der Waals surface area (Å²) in [4.78, 5) is 19.9. The highest BCUT2D eigenvalue weighted by Crippen LogP contribution is 2.33. The molecular formula is C19H14FN5OS2. The number of nitrogens with one attached hydrogen (secondary N) is 1. The zero-order chi connectivity index (χ0) is 19.4. The number of imidazole rings is 1. The van der Waals surface area contributed by atoms with Crippen LogP contribution < -0.4 is 5.32 Å². The van der Waals surface area contributed by atoms with E-state index >= 15 is 0 Å². The molecule has 0 saturated heterocycles. The summed E-state index contributed by atoms with van der Waals surface area (Å²) in [6.45, 7) is 1.93. The van der Waals surface area contributed by atoms with Crippen LogP contribution in [0.3, 0.4) is 0 Å². The maximum atomic E-state index is 13.3. The molecule has 1 N–H and O–H groups in total. The molecule has 28 heavy (non-hydrogen) atoms. The quantitative estimate of drug-likeness (QED) is 0.468. The van der Waals surface area contributed by atoms with Crippen LogP contribution in [0.1, 0.15) is 15.4 Å². The topological polar surface area (TPSA) is 64.2 Å². The van der Waals surface area contributed by atoms with E-state index in [0.29, 0.717) is 16.4 Å². The van der Waals surface area contributed by atoms with Crippen LogP contribution >= 0.6 is 22.7 Å². The van der Waals surface area contributed by atoms with Crippen LogP contribution in [-0.2, 0) is 7.05 Å². The Kier molecular flexibility index (Phi) is 3.81. The predicted molar refractivity (Wildman–Crippen MR) is 110 cm³/mol. The highest BCUT2D eigenvalue weighted by atomic mass is 32.1. The van der Waals surface area contributed by atoms with E-state index in [1.807, 2.05) is 36.0 Å². The maximum absolute atomic E-state index is 13.3. The van der Waals surface area contributed by atoms with Crippen LogP contribution in [0.25, 0.3) is 26.4 Å². The number of thiophene rings is 1. The number of fused-ring (bicyclic) bond motifs is 2. The molecule has 4 aromatic heterocycles. The Labute approximate surface area is 166 Å². The second-order valence-electron chi connectivity index (χ2n) is 6.36. The lowest BCUT2D eigenvalue weighted by atomic mass is 10.1. The lowest BCUT2D eigenvalue weighted by Crippen LogP contribution is -2.12. The second-order valence-corrected chi connectivity index (χ2v) is 8.27. The number of amides is 1. The number of carbonyl (C=O) groups is 1. The Hall–Kier alpha value is -3.04. The summed E-state index contributed by atoms with van der Waals surface area (Å²) in [5, 5.41) is 10.2. The summed E-state index contributed by atoms with van der Waals surface area (Å²) in [5.74, 6) is 0.0433. The largest absolute Gasteiger partial charge is 0.305 e. The molecule has 6 nitrogen and oxygen atoms in total. The van der Waals surface area contributed by atoms with Gasteiger partial charge in [0.1, 0.15) is 22.2 Å². The van der Waals surface area contributed by atoms with Crippen molar-refractivity contribution >= 4 is 49.6 Å². The van der Waals surface area contributed by atoms with E-state index in [-0.39, 0.29) is 11.7 Å². The average molecular weight is 411 g/mol. The minimum Gasteiger partial charge on any atom is -0.305 e. The first-order chi connectivity index (χ1) is 13.5. The molecule has 5 rings (SSSR count). The Morgan fingerprint density at radius 2 is 2.04 bits per heavy atom. The molecule has 0 atom stereocenters.